The normalized spacial score (nSPS) is 11.7. The third-order valence-corrected chi connectivity index (χ3v) is 4.13. The van der Waals surface area contributed by atoms with E-state index in [2.05, 4.69) is 5.32 Å². The zero-order chi connectivity index (χ0) is 19.2. The van der Waals surface area contributed by atoms with Crippen molar-refractivity contribution in [2.45, 2.75) is 20.0 Å². The summed E-state index contributed by atoms with van der Waals surface area (Å²) in [6, 6.07) is 18.8. The molecule has 0 aromatic heterocycles. The number of carbonyl (C=O) groups is 1. The van der Waals surface area contributed by atoms with E-state index in [4.69, 9.17) is 14.2 Å². The molecule has 0 bridgehead atoms. The predicted octanol–water partition coefficient (Wildman–Crippen LogP) is 4.65. The van der Waals surface area contributed by atoms with Gasteiger partial charge < -0.3 is 19.5 Å². The molecule has 0 heterocycles. The lowest BCUT2D eigenvalue weighted by Gasteiger charge is -2.15. The summed E-state index contributed by atoms with van der Waals surface area (Å²) < 4.78 is 16.5. The van der Waals surface area contributed by atoms with Crippen LogP contribution in [0.5, 0.6) is 17.2 Å². The van der Waals surface area contributed by atoms with Gasteiger partial charge in [-0.3, -0.25) is 4.79 Å². The minimum Gasteiger partial charge on any atom is -0.497 e. The number of benzene rings is 3. The van der Waals surface area contributed by atoms with E-state index in [1.807, 2.05) is 55.5 Å². The van der Waals surface area contributed by atoms with E-state index in [9.17, 15) is 4.79 Å². The highest BCUT2D eigenvalue weighted by molar-refractivity contribution is 5.94. The lowest BCUT2D eigenvalue weighted by Crippen LogP contribution is -2.30. The first-order valence-electron chi connectivity index (χ1n) is 8.87. The van der Waals surface area contributed by atoms with Crippen LogP contribution < -0.4 is 19.5 Å². The second kappa shape index (κ2) is 8.45. The second-order valence-corrected chi connectivity index (χ2v) is 6.08. The quantitative estimate of drug-likeness (QED) is 0.662. The molecular weight excluding hydrogens is 342 g/mol. The van der Waals surface area contributed by atoms with E-state index in [1.165, 1.54) is 0 Å². The standard InChI is InChI=1S/C22H23NO4/c1-4-26-19-11-7-18(8-12-19)23-22(24)15(2)27-21-10-6-16-5-9-20(25-3)13-17(16)14-21/h5-15H,4H2,1-3H3,(H,23,24)/t15-/m1/s1. The Kier molecular flexibility index (Phi) is 5.81. The average molecular weight is 365 g/mol. The summed E-state index contributed by atoms with van der Waals surface area (Å²) in [5, 5.41) is 4.92. The smallest absolute Gasteiger partial charge is 0.265 e. The monoisotopic (exact) mass is 365 g/mol. The minimum atomic E-state index is -0.639. The van der Waals surface area contributed by atoms with Crippen molar-refractivity contribution < 1.29 is 19.0 Å². The Morgan fingerprint density at radius 1 is 0.926 bits per heavy atom. The van der Waals surface area contributed by atoms with E-state index in [0.29, 0.717) is 18.0 Å². The molecule has 0 fully saturated rings. The molecule has 0 aliphatic rings. The number of fused-ring (bicyclic) bond motifs is 1. The van der Waals surface area contributed by atoms with Crippen LogP contribution in [-0.4, -0.2) is 25.7 Å². The number of nitrogens with one attached hydrogen (secondary N) is 1. The van der Waals surface area contributed by atoms with Gasteiger partial charge in [0.25, 0.3) is 5.91 Å². The molecule has 1 atom stereocenters. The molecule has 5 heteroatoms. The van der Waals surface area contributed by atoms with Gasteiger partial charge in [0.1, 0.15) is 17.2 Å². The third-order valence-electron chi connectivity index (χ3n) is 4.13. The van der Waals surface area contributed by atoms with Gasteiger partial charge in [-0.25, -0.2) is 0 Å². The number of hydrogen-bond acceptors (Lipinski definition) is 4. The molecule has 0 saturated heterocycles. The first kappa shape index (κ1) is 18.6. The molecule has 3 aromatic carbocycles. The Morgan fingerprint density at radius 3 is 2.22 bits per heavy atom. The molecule has 1 amide bonds. The molecule has 0 saturated carbocycles. The summed E-state index contributed by atoms with van der Waals surface area (Å²) in [4.78, 5) is 12.4. The summed E-state index contributed by atoms with van der Waals surface area (Å²) in [5.41, 5.74) is 0.696. The zero-order valence-corrected chi connectivity index (χ0v) is 15.7. The average Bonchev–Trinajstić information content (AvgIpc) is 2.69. The SMILES string of the molecule is CCOc1ccc(NC(=O)[C@@H](C)Oc2ccc3ccc(OC)cc3c2)cc1. The number of anilines is 1. The molecule has 3 rings (SSSR count). The highest BCUT2D eigenvalue weighted by Crippen LogP contribution is 2.25. The van der Waals surface area contributed by atoms with Gasteiger partial charge in [0.05, 0.1) is 13.7 Å². The molecule has 0 spiro atoms. The van der Waals surface area contributed by atoms with Gasteiger partial charge in [0.15, 0.2) is 6.10 Å². The fourth-order valence-electron chi connectivity index (χ4n) is 2.71. The van der Waals surface area contributed by atoms with Crippen LogP contribution in [0, 0.1) is 0 Å². The van der Waals surface area contributed by atoms with Crippen molar-refractivity contribution in [2.75, 3.05) is 19.0 Å². The fourth-order valence-corrected chi connectivity index (χ4v) is 2.71. The molecule has 140 valence electrons. The molecule has 0 radical (unpaired) electrons. The number of carbonyl (C=O) groups excluding carboxylic acids is 1. The van der Waals surface area contributed by atoms with E-state index >= 15 is 0 Å². The van der Waals surface area contributed by atoms with Crippen molar-refractivity contribution in [3.05, 3.63) is 60.7 Å². The van der Waals surface area contributed by atoms with Crippen molar-refractivity contribution in [2.24, 2.45) is 0 Å². The van der Waals surface area contributed by atoms with Crippen molar-refractivity contribution in [1.82, 2.24) is 0 Å². The maximum atomic E-state index is 12.4. The highest BCUT2D eigenvalue weighted by Gasteiger charge is 2.15. The van der Waals surface area contributed by atoms with Crippen LogP contribution in [0.15, 0.2) is 60.7 Å². The van der Waals surface area contributed by atoms with Gasteiger partial charge in [0.2, 0.25) is 0 Å². The van der Waals surface area contributed by atoms with Crippen LogP contribution in [0.2, 0.25) is 0 Å². The highest BCUT2D eigenvalue weighted by atomic mass is 16.5. The number of amides is 1. The van der Waals surface area contributed by atoms with Crippen LogP contribution in [0.1, 0.15) is 13.8 Å². The fraction of sp³-hybridized carbons (Fsp3) is 0.227. The topological polar surface area (TPSA) is 56.8 Å². The van der Waals surface area contributed by atoms with Gasteiger partial charge in [-0.05, 0) is 73.2 Å². The summed E-state index contributed by atoms with van der Waals surface area (Å²) in [6.07, 6.45) is -0.639. The lowest BCUT2D eigenvalue weighted by molar-refractivity contribution is -0.122. The van der Waals surface area contributed by atoms with Crippen LogP contribution in [0.3, 0.4) is 0 Å². The van der Waals surface area contributed by atoms with Gasteiger partial charge in [-0.15, -0.1) is 0 Å². The van der Waals surface area contributed by atoms with Crippen molar-refractivity contribution in [1.29, 1.82) is 0 Å². The van der Waals surface area contributed by atoms with Crippen LogP contribution in [0.4, 0.5) is 5.69 Å². The largest absolute Gasteiger partial charge is 0.497 e. The van der Waals surface area contributed by atoms with Gasteiger partial charge in [0, 0.05) is 5.69 Å². The summed E-state index contributed by atoms with van der Waals surface area (Å²) >= 11 is 0. The Balaban J connectivity index is 1.65. The number of hydrogen-bond donors (Lipinski definition) is 1. The molecule has 0 unspecified atom stereocenters. The minimum absolute atomic E-state index is 0.218. The lowest BCUT2D eigenvalue weighted by atomic mass is 10.1. The molecule has 0 aliphatic carbocycles. The maximum absolute atomic E-state index is 12.4. The van der Waals surface area contributed by atoms with Gasteiger partial charge >= 0.3 is 0 Å². The van der Waals surface area contributed by atoms with Crippen molar-refractivity contribution in [3.63, 3.8) is 0 Å². The first-order chi connectivity index (χ1) is 13.1. The molecular formula is C22H23NO4. The second-order valence-electron chi connectivity index (χ2n) is 6.08. The summed E-state index contributed by atoms with van der Waals surface area (Å²) in [7, 11) is 1.63. The van der Waals surface area contributed by atoms with Crippen molar-refractivity contribution in [3.8, 4) is 17.2 Å². The van der Waals surface area contributed by atoms with E-state index in [-0.39, 0.29) is 5.91 Å². The van der Waals surface area contributed by atoms with Gasteiger partial charge in [-0.1, -0.05) is 12.1 Å². The van der Waals surface area contributed by atoms with Crippen molar-refractivity contribution >= 4 is 22.4 Å². The van der Waals surface area contributed by atoms with Gasteiger partial charge in [-0.2, -0.15) is 0 Å². The van der Waals surface area contributed by atoms with Crippen LogP contribution >= 0.6 is 0 Å². The van der Waals surface area contributed by atoms with Crippen LogP contribution in [-0.2, 0) is 4.79 Å². The van der Waals surface area contributed by atoms with E-state index in [0.717, 1.165) is 22.3 Å². The Hall–Kier alpha value is -3.21. The number of rotatable bonds is 7. The first-order valence-corrected chi connectivity index (χ1v) is 8.87. The third kappa shape index (κ3) is 4.70. The predicted molar refractivity (Wildman–Crippen MR) is 107 cm³/mol. The molecule has 5 nitrogen and oxygen atoms in total. The molecule has 3 aromatic rings. The van der Waals surface area contributed by atoms with E-state index < -0.39 is 6.10 Å². The number of ether oxygens (including phenoxy) is 3. The van der Waals surface area contributed by atoms with Crippen LogP contribution in [0.25, 0.3) is 10.8 Å². The summed E-state index contributed by atoms with van der Waals surface area (Å²) in [5.74, 6) is 1.96. The Labute approximate surface area is 158 Å². The van der Waals surface area contributed by atoms with E-state index in [1.54, 1.807) is 26.2 Å². The summed E-state index contributed by atoms with van der Waals surface area (Å²) in [6.45, 7) is 4.26. The number of methoxy groups -OCH3 is 1. The Bertz CT molecular complexity index is 921. The Morgan fingerprint density at radius 2 is 1.56 bits per heavy atom. The maximum Gasteiger partial charge on any atom is 0.265 e. The molecule has 27 heavy (non-hydrogen) atoms. The molecule has 0 aliphatic heterocycles. The molecule has 1 N–H and O–H groups in total. The zero-order valence-electron chi connectivity index (χ0n) is 15.7.